The van der Waals surface area contributed by atoms with Crippen LogP contribution in [0.3, 0.4) is 0 Å². The number of nitrogen functional groups attached to an aromatic ring is 1. The fourth-order valence-electron chi connectivity index (χ4n) is 1.14. The number of amides is 1. The molecule has 0 unspecified atom stereocenters. The highest BCUT2D eigenvalue weighted by molar-refractivity contribution is 7.92. The van der Waals surface area contributed by atoms with E-state index in [0.717, 1.165) is 0 Å². The van der Waals surface area contributed by atoms with Crippen molar-refractivity contribution in [3.05, 3.63) is 24.3 Å². The van der Waals surface area contributed by atoms with Crippen LogP contribution in [0.5, 0.6) is 5.75 Å². The summed E-state index contributed by atoms with van der Waals surface area (Å²) >= 11 is 0. The summed E-state index contributed by atoms with van der Waals surface area (Å²) in [6.45, 7) is -0.0282. The molecule has 1 aromatic carbocycles. The molecule has 0 radical (unpaired) electrons. The Morgan fingerprint density at radius 1 is 1.24 bits per heavy atom. The van der Waals surface area contributed by atoms with Crippen molar-refractivity contribution >= 4 is 21.4 Å². The van der Waals surface area contributed by atoms with E-state index in [1.807, 2.05) is 0 Å². The third kappa shape index (κ3) is 5.21. The number of carbonyl (C=O) groups excluding carboxylic acids is 1. The van der Waals surface area contributed by atoms with Crippen molar-refractivity contribution in [2.45, 2.75) is 0 Å². The minimum absolute atomic E-state index is 0.0282. The van der Waals surface area contributed by atoms with Gasteiger partial charge in [-0.15, -0.1) is 0 Å². The minimum Gasteiger partial charge on any atom is -0.493 e. The highest BCUT2D eigenvalue weighted by atomic mass is 32.2. The van der Waals surface area contributed by atoms with E-state index < -0.39 is 21.5 Å². The fourth-order valence-corrected chi connectivity index (χ4v) is 2.05. The van der Waals surface area contributed by atoms with Gasteiger partial charge in [0.1, 0.15) is 18.1 Å². The summed E-state index contributed by atoms with van der Waals surface area (Å²) in [6, 6.07) is 6.56. The zero-order chi connectivity index (χ0) is 12.9. The third-order valence-electron chi connectivity index (χ3n) is 1.91. The van der Waals surface area contributed by atoms with Gasteiger partial charge in [-0.3, -0.25) is 4.79 Å². The number of sulfone groups is 1. The lowest BCUT2D eigenvalue weighted by Crippen LogP contribution is -2.27. The molecule has 0 fully saturated rings. The highest BCUT2D eigenvalue weighted by Gasteiger charge is 2.14. The van der Waals surface area contributed by atoms with Crippen LogP contribution in [-0.4, -0.2) is 32.4 Å². The SMILES string of the molecule is NC(=O)CS(=O)(=O)CCOc1ccc(N)cc1. The van der Waals surface area contributed by atoms with Crippen LogP contribution >= 0.6 is 0 Å². The molecular formula is C10H14N2O4S. The van der Waals surface area contributed by atoms with Gasteiger partial charge in [0.15, 0.2) is 9.84 Å². The predicted octanol–water partition coefficient (Wildman–Crippen LogP) is -0.452. The molecule has 0 bridgehead atoms. The van der Waals surface area contributed by atoms with Crippen molar-refractivity contribution in [3.63, 3.8) is 0 Å². The number of anilines is 1. The average molecular weight is 258 g/mol. The maximum absolute atomic E-state index is 11.3. The first-order valence-electron chi connectivity index (χ1n) is 4.86. The van der Waals surface area contributed by atoms with Gasteiger partial charge in [0, 0.05) is 5.69 Å². The molecule has 6 nitrogen and oxygen atoms in total. The number of hydrogen-bond acceptors (Lipinski definition) is 5. The first-order valence-corrected chi connectivity index (χ1v) is 6.68. The second-order valence-electron chi connectivity index (χ2n) is 3.48. The van der Waals surface area contributed by atoms with Gasteiger partial charge in [-0.1, -0.05) is 0 Å². The van der Waals surface area contributed by atoms with Crippen LogP contribution in [0, 0.1) is 0 Å². The van der Waals surface area contributed by atoms with Gasteiger partial charge in [0.2, 0.25) is 5.91 Å². The zero-order valence-corrected chi connectivity index (χ0v) is 9.94. The summed E-state index contributed by atoms with van der Waals surface area (Å²) in [5, 5.41) is 0. The largest absolute Gasteiger partial charge is 0.493 e. The molecule has 0 heterocycles. The lowest BCUT2D eigenvalue weighted by molar-refractivity contribution is -0.115. The Hall–Kier alpha value is -1.76. The van der Waals surface area contributed by atoms with Crippen LogP contribution in [0.15, 0.2) is 24.3 Å². The Morgan fingerprint density at radius 3 is 2.35 bits per heavy atom. The maximum atomic E-state index is 11.3. The molecule has 4 N–H and O–H groups in total. The van der Waals surface area contributed by atoms with Crippen LogP contribution in [-0.2, 0) is 14.6 Å². The topological polar surface area (TPSA) is 112 Å². The van der Waals surface area contributed by atoms with Crippen molar-refractivity contribution in [1.82, 2.24) is 0 Å². The molecule has 17 heavy (non-hydrogen) atoms. The van der Waals surface area contributed by atoms with E-state index in [2.05, 4.69) is 0 Å². The zero-order valence-electron chi connectivity index (χ0n) is 9.13. The number of primary amides is 1. The predicted molar refractivity (Wildman–Crippen MR) is 64.2 cm³/mol. The maximum Gasteiger partial charge on any atom is 0.232 e. The molecular weight excluding hydrogens is 244 g/mol. The summed E-state index contributed by atoms with van der Waals surface area (Å²) in [5.74, 6) is -1.25. The van der Waals surface area contributed by atoms with Crippen LogP contribution in [0.4, 0.5) is 5.69 Å². The van der Waals surface area contributed by atoms with Crippen LogP contribution in [0.2, 0.25) is 0 Å². The first-order chi connectivity index (χ1) is 7.89. The molecule has 0 atom stereocenters. The number of benzene rings is 1. The second-order valence-corrected chi connectivity index (χ2v) is 5.66. The number of hydrogen-bond donors (Lipinski definition) is 2. The fraction of sp³-hybridized carbons (Fsp3) is 0.300. The van der Waals surface area contributed by atoms with Crippen LogP contribution in [0.25, 0.3) is 0 Å². The van der Waals surface area contributed by atoms with E-state index in [1.54, 1.807) is 24.3 Å². The van der Waals surface area contributed by atoms with Gasteiger partial charge in [-0.2, -0.15) is 0 Å². The molecule has 0 saturated heterocycles. The van der Waals surface area contributed by atoms with Crippen molar-refractivity contribution in [1.29, 1.82) is 0 Å². The van der Waals surface area contributed by atoms with E-state index >= 15 is 0 Å². The Morgan fingerprint density at radius 2 is 1.82 bits per heavy atom. The Labute approximate surface area is 99.5 Å². The summed E-state index contributed by atoms with van der Waals surface area (Å²) in [6.07, 6.45) is 0. The summed E-state index contributed by atoms with van der Waals surface area (Å²) in [4.78, 5) is 10.5. The molecule has 0 aliphatic rings. The molecule has 0 spiro atoms. The molecule has 7 heteroatoms. The number of carbonyl (C=O) groups is 1. The van der Waals surface area contributed by atoms with Crippen LogP contribution in [0.1, 0.15) is 0 Å². The Kier molecular flexibility index (Phi) is 4.33. The van der Waals surface area contributed by atoms with Gasteiger partial charge in [0.25, 0.3) is 0 Å². The molecule has 0 saturated carbocycles. The molecule has 0 aliphatic heterocycles. The van der Waals surface area contributed by atoms with Gasteiger partial charge in [-0.05, 0) is 24.3 Å². The quantitative estimate of drug-likeness (QED) is 0.671. The van der Waals surface area contributed by atoms with Crippen LogP contribution < -0.4 is 16.2 Å². The van der Waals surface area contributed by atoms with E-state index in [4.69, 9.17) is 16.2 Å². The standard InChI is InChI=1S/C10H14N2O4S/c11-8-1-3-9(4-2-8)16-5-6-17(14,15)7-10(12)13/h1-4H,5-7,11H2,(H2,12,13). The van der Waals surface area contributed by atoms with Gasteiger partial charge < -0.3 is 16.2 Å². The number of rotatable bonds is 6. The van der Waals surface area contributed by atoms with Gasteiger partial charge in [-0.25, -0.2) is 8.42 Å². The highest BCUT2D eigenvalue weighted by Crippen LogP contribution is 2.12. The summed E-state index contributed by atoms with van der Waals surface area (Å²) in [7, 11) is -3.48. The molecule has 0 aliphatic carbocycles. The Balaban J connectivity index is 2.42. The summed E-state index contributed by atoms with van der Waals surface area (Å²) in [5.41, 5.74) is 10.9. The minimum atomic E-state index is -3.48. The summed E-state index contributed by atoms with van der Waals surface area (Å²) < 4.78 is 27.8. The number of nitrogens with two attached hydrogens (primary N) is 2. The van der Waals surface area contributed by atoms with E-state index in [9.17, 15) is 13.2 Å². The smallest absolute Gasteiger partial charge is 0.232 e. The molecule has 1 rings (SSSR count). The molecule has 1 amide bonds. The lowest BCUT2D eigenvalue weighted by atomic mass is 10.3. The van der Waals surface area contributed by atoms with Gasteiger partial charge in [0.05, 0.1) is 5.75 Å². The van der Waals surface area contributed by atoms with E-state index in [0.29, 0.717) is 11.4 Å². The van der Waals surface area contributed by atoms with E-state index in [1.165, 1.54) is 0 Å². The molecule has 94 valence electrons. The van der Waals surface area contributed by atoms with Crippen molar-refractivity contribution in [3.8, 4) is 5.75 Å². The monoisotopic (exact) mass is 258 g/mol. The first kappa shape index (κ1) is 13.3. The normalized spacial score (nSPS) is 11.1. The average Bonchev–Trinajstić information content (AvgIpc) is 2.18. The second kappa shape index (κ2) is 5.53. The van der Waals surface area contributed by atoms with Gasteiger partial charge >= 0.3 is 0 Å². The number of ether oxygens (including phenoxy) is 1. The Bertz CT molecular complexity index is 482. The van der Waals surface area contributed by atoms with E-state index in [-0.39, 0.29) is 12.4 Å². The molecule has 1 aromatic rings. The third-order valence-corrected chi connectivity index (χ3v) is 3.42. The molecule has 0 aromatic heterocycles. The van der Waals surface area contributed by atoms with Crippen molar-refractivity contribution < 1.29 is 17.9 Å². The van der Waals surface area contributed by atoms with Crippen molar-refractivity contribution in [2.24, 2.45) is 5.73 Å². The lowest BCUT2D eigenvalue weighted by Gasteiger charge is -2.06. The van der Waals surface area contributed by atoms with Crippen molar-refractivity contribution in [2.75, 3.05) is 23.8 Å².